The predicted octanol–water partition coefficient (Wildman–Crippen LogP) is 4.88. The Morgan fingerprint density at radius 3 is 2.59 bits per heavy atom. The number of likely N-dealkylation sites (N-methyl/N-ethyl adjacent to an activating group) is 1. The Morgan fingerprint density at radius 2 is 1.91 bits per heavy atom. The molecule has 0 aliphatic carbocycles. The van der Waals surface area contributed by atoms with E-state index in [9.17, 15) is 9.59 Å². The van der Waals surface area contributed by atoms with Gasteiger partial charge in [-0.2, -0.15) is 0 Å². The van der Waals surface area contributed by atoms with Crippen LogP contribution in [0.15, 0.2) is 49.8 Å². The molecule has 0 saturated heterocycles. The minimum absolute atomic E-state index is 0.131. The monoisotopic (exact) mass is 496 g/mol. The lowest BCUT2D eigenvalue weighted by molar-refractivity contribution is -0.116. The number of nitrogens with zero attached hydrogens (tertiary/aromatic N) is 3. The van der Waals surface area contributed by atoms with Crippen LogP contribution in [-0.2, 0) is 4.79 Å². The van der Waals surface area contributed by atoms with Crippen LogP contribution in [0.3, 0.4) is 0 Å². The highest BCUT2D eigenvalue weighted by atomic mass is 79.9. The molecule has 2 amide bonds. The number of amides is 2. The lowest BCUT2D eigenvalue weighted by atomic mass is 10.0. The summed E-state index contributed by atoms with van der Waals surface area (Å²) in [6, 6.07) is 10.8. The maximum absolute atomic E-state index is 13.4. The van der Waals surface area contributed by atoms with E-state index in [-0.39, 0.29) is 24.1 Å². The first-order chi connectivity index (χ1) is 15.2. The summed E-state index contributed by atoms with van der Waals surface area (Å²) in [6.45, 7) is 5.29. The van der Waals surface area contributed by atoms with Gasteiger partial charge in [-0.3, -0.25) is 9.59 Å². The van der Waals surface area contributed by atoms with Crippen molar-refractivity contribution in [1.82, 2.24) is 15.0 Å². The number of aryl methyl sites for hydroxylation is 3. The molecule has 0 radical (unpaired) electrons. The van der Waals surface area contributed by atoms with Gasteiger partial charge in [-0.25, -0.2) is 4.98 Å². The topological polar surface area (TPSA) is 101 Å². The van der Waals surface area contributed by atoms with Gasteiger partial charge in [-0.1, -0.05) is 17.3 Å². The molecule has 0 unspecified atom stereocenters. The van der Waals surface area contributed by atoms with Crippen molar-refractivity contribution in [3.63, 3.8) is 0 Å². The molecule has 0 atom stereocenters. The third kappa shape index (κ3) is 4.16. The third-order valence-corrected chi connectivity index (χ3v) is 5.73. The molecule has 3 heterocycles. The summed E-state index contributed by atoms with van der Waals surface area (Å²) in [7, 11) is 1.57. The minimum Gasteiger partial charge on any atom is -0.466 e. The number of para-hydroxylation sites is 1. The zero-order chi connectivity index (χ0) is 23.0. The van der Waals surface area contributed by atoms with E-state index in [1.165, 1.54) is 4.90 Å². The van der Waals surface area contributed by atoms with Crippen molar-refractivity contribution >= 4 is 44.5 Å². The maximum Gasteiger partial charge on any atom is 0.259 e. The summed E-state index contributed by atoms with van der Waals surface area (Å²) in [6.07, 6.45) is 0. The number of halogens is 1. The fourth-order valence-corrected chi connectivity index (χ4v) is 3.92. The lowest BCUT2D eigenvalue weighted by Crippen LogP contribution is -2.35. The summed E-state index contributed by atoms with van der Waals surface area (Å²) in [5, 5.41) is 7.30. The smallest absolute Gasteiger partial charge is 0.259 e. The SMILES string of the molecule is Cc1cc(-c2cc(C(=O)N(C)CC(=O)Nc3ccccc3Br)c3c(C)noc3n2)c(C)o1. The number of carbonyl (C=O) groups is 2. The molecule has 3 aromatic heterocycles. The van der Waals surface area contributed by atoms with Crippen molar-refractivity contribution in [2.75, 3.05) is 18.9 Å². The van der Waals surface area contributed by atoms with Crippen LogP contribution >= 0.6 is 15.9 Å². The van der Waals surface area contributed by atoms with Crippen molar-refractivity contribution in [1.29, 1.82) is 0 Å². The van der Waals surface area contributed by atoms with Crippen LogP contribution in [0.1, 0.15) is 27.6 Å². The van der Waals surface area contributed by atoms with Gasteiger partial charge in [0.15, 0.2) is 0 Å². The van der Waals surface area contributed by atoms with Gasteiger partial charge < -0.3 is 19.2 Å². The molecule has 9 heteroatoms. The number of rotatable bonds is 5. The number of furan rings is 1. The van der Waals surface area contributed by atoms with Gasteiger partial charge in [-0.05, 0) is 61.0 Å². The number of hydrogen-bond acceptors (Lipinski definition) is 6. The van der Waals surface area contributed by atoms with Crippen molar-refractivity contribution in [3.05, 3.63) is 63.6 Å². The zero-order valence-electron chi connectivity index (χ0n) is 18.0. The summed E-state index contributed by atoms with van der Waals surface area (Å²) in [5.41, 5.74) is 3.10. The average molecular weight is 497 g/mol. The number of anilines is 1. The lowest BCUT2D eigenvalue weighted by Gasteiger charge is -2.18. The molecule has 0 bridgehead atoms. The number of nitrogens with one attached hydrogen (secondary N) is 1. The number of hydrogen-bond donors (Lipinski definition) is 1. The van der Waals surface area contributed by atoms with Gasteiger partial charge in [0, 0.05) is 17.1 Å². The molecule has 0 aliphatic heterocycles. The number of fused-ring (bicyclic) bond motifs is 1. The molecule has 164 valence electrons. The molecule has 0 saturated carbocycles. The zero-order valence-corrected chi connectivity index (χ0v) is 19.6. The minimum atomic E-state index is -0.343. The predicted molar refractivity (Wildman–Crippen MR) is 123 cm³/mol. The Kier molecular flexibility index (Phi) is 5.84. The van der Waals surface area contributed by atoms with E-state index < -0.39 is 0 Å². The van der Waals surface area contributed by atoms with Crippen molar-refractivity contribution in [2.45, 2.75) is 20.8 Å². The second-order valence-corrected chi connectivity index (χ2v) is 8.37. The quantitative estimate of drug-likeness (QED) is 0.422. The van der Waals surface area contributed by atoms with E-state index in [1.807, 2.05) is 38.1 Å². The van der Waals surface area contributed by atoms with Gasteiger partial charge in [0.1, 0.15) is 11.5 Å². The van der Waals surface area contributed by atoms with Crippen LogP contribution < -0.4 is 5.32 Å². The number of carbonyl (C=O) groups excluding carboxylic acids is 2. The van der Waals surface area contributed by atoms with E-state index in [2.05, 4.69) is 31.4 Å². The number of benzene rings is 1. The highest BCUT2D eigenvalue weighted by Crippen LogP contribution is 2.31. The molecule has 8 nitrogen and oxygen atoms in total. The fourth-order valence-electron chi connectivity index (χ4n) is 3.53. The molecule has 32 heavy (non-hydrogen) atoms. The molecule has 1 aromatic carbocycles. The van der Waals surface area contributed by atoms with E-state index in [1.54, 1.807) is 26.1 Å². The Labute approximate surface area is 192 Å². The Morgan fingerprint density at radius 1 is 1.16 bits per heavy atom. The van der Waals surface area contributed by atoms with E-state index in [4.69, 9.17) is 8.94 Å². The maximum atomic E-state index is 13.4. The third-order valence-electron chi connectivity index (χ3n) is 5.04. The van der Waals surface area contributed by atoms with Gasteiger partial charge >= 0.3 is 0 Å². The van der Waals surface area contributed by atoms with Crippen LogP contribution in [0.4, 0.5) is 5.69 Å². The Balaban J connectivity index is 1.65. The van der Waals surface area contributed by atoms with Crippen LogP contribution in [0.5, 0.6) is 0 Å². The van der Waals surface area contributed by atoms with E-state index in [0.29, 0.717) is 33.8 Å². The molecular formula is C23H21BrN4O4. The van der Waals surface area contributed by atoms with Crippen LogP contribution in [0, 0.1) is 20.8 Å². The molecule has 4 rings (SSSR count). The van der Waals surface area contributed by atoms with Gasteiger partial charge in [-0.15, -0.1) is 0 Å². The molecule has 4 aromatic rings. The molecule has 1 N–H and O–H groups in total. The van der Waals surface area contributed by atoms with Gasteiger partial charge in [0.25, 0.3) is 11.6 Å². The first-order valence-electron chi connectivity index (χ1n) is 9.89. The molecular weight excluding hydrogens is 476 g/mol. The highest BCUT2D eigenvalue weighted by molar-refractivity contribution is 9.10. The fraction of sp³-hybridized carbons (Fsp3) is 0.217. The van der Waals surface area contributed by atoms with Crippen molar-refractivity contribution in [2.24, 2.45) is 0 Å². The van der Waals surface area contributed by atoms with Crippen LogP contribution in [0.2, 0.25) is 0 Å². The first kappa shape index (κ1) is 21.8. The number of aromatic nitrogens is 2. The van der Waals surface area contributed by atoms with Crippen molar-refractivity contribution in [3.8, 4) is 11.3 Å². The van der Waals surface area contributed by atoms with Crippen LogP contribution in [0.25, 0.3) is 22.4 Å². The summed E-state index contributed by atoms with van der Waals surface area (Å²) in [4.78, 5) is 31.8. The second-order valence-electron chi connectivity index (χ2n) is 7.52. The second kappa shape index (κ2) is 8.58. The van der Waals surface area contributed by atoms with Crippen LogP contribution in [-0.4, -0.2) is 40.4 Å². The largest absolute Gasteiger partial charge is 0.466 e. The average Bonchev–Trinajstić information content (AvgIpc) is 3.29. The summed E-state index contributed by atoms with van der Waals surface area (Å²) >= 11 is 3.40. The van der Waals surface area contributed by atoms with Crippen molar-refractivity contribution < 1.29 is 18.5 Å². The summed E-state index contributed by atoms with van der Waals surface area (Å²) in [5.74, 6) is 0.763. The molecule has 0 fully saturated rings. The first-order valence-corrected chi connectivity index (χ1v) is 10.7. The highest BCUT2D eigenvalue weighted by Gasteiger charge is 2.24. The molecule has 0 spiro atoms. The Bertz CT molecular complexity index is 1340. The number of pyridine rings is 1. The van der Waals surface area contributed by atoms with E-state index in [0.717, 1.165) is 15.8 Å². The standard InChI is InChI=1S/C23H21BrN4O4/c1-12-9-15(14(3)31-12)19-10-16(21-13(2)27-32-22(21)26-19)23(30)28(4)11-20(29)25-18-8-6-5-7-17(18)24/h5-10H,11H2,1-4H3,(H,25,29). The van der Waals surface area contributed by atoms with E-state index >= 15 is 0 Å². The van der Waals surface area contributed by atoms with Gasteiger partial charge in [0.2, 0.25) is 5.91 Å². The van der Waals surface area contributed by atoms with Gasteiger partial charge in [0.05, 0.1) is 34.6 Å². The molecule has 0 aliphatic rings. The Hall–Kier alpha value is -3.46. The summed E-state index contributed by atoms with van der Waals surface area (Å²) < 4.78 is 11.7. The normalized spacial score (nSPS) is 11.0.